The minimum atomic E-state index is -1.04. The molecule has 4 aromatic rings. The highest BCUT2D eigenvalue weighted by Gasteiger charge is 2.12. The van der Waals surface area contributed by atoms with Crippen molar-refractivity contribution in [3.05, 3.63) is 101 Å². The predicted octanol–water partition coefficient (Wildman–Crippen LogP) is 4.82. The van der Waals surface area contributed by atoms with E-state index in [0.29, 0.717) is 29.1 Å². The van der Waals surface area contributed by atoms with Crippen molar-refractivity contribution in [3.8, 4) is 17.4 Å². The lowest BCUT2D eigenvalue weighted by atomic mass is 10.1. The van der Waals surface area contributed by atoms with Gasteiger partial charge in [-0.05, 0) is 29.8 Å². The average molecular weight is 450 g/mol. The first-order valence-electron chi connectivity index (χ1n) is 9.92. The molecule has 0 amide bonds. The lowest BCUT2D eigenvalue weighted by Gasteiger charge is -2.14. The van der Waals surface area contributed by atoms with Gasteiger partial charge < -0.3 is 14.6 Å². The number of nitrogens with zero attached hydrogens (tertiary/aromatic N) is 3. The third kappa shape index (κ3) is 5.25. The van der Waals surface area contributed by atoms with Crippen molar-refractivity contribution in [3.63, 3.8) is 0 Å². The van der Waals surface area contributed by atoms with Gasteiger partial charge in [-0.25, -0.2) is 9.78 Å². The monoisotopic (exact) mass is 449 g/mol. The number of halogens is 1. The van der Waals surface area contributed by atoms with Gasteiger partial charge in [-0.3, -0.25) is 0 Å². The molecule has 32 heavy (non-hydrogen) atoms. The second kappa shape index (κ2) is 9.98. The van der Waals surface area contributed by atoms with Crippen LogP contribution in [0.4, 0.5) is 0 Å². The Balaban J connectivity index is 1.46. The van der Waals surface area contributed by atoms with Crippen LogP contribution in [0.5, 0.6) is 11.6 Å². The molecule has 0 aliphatic heterocycles. The first kappa shape index (κ1) is 21.4. The minimum absolute atomic E-state index is 0.114. The number of carbonyl (C=O) groups is 1. The topological polar surface area (TPSA) is 86.5 Å². The average Bonchev–Trinajstić information content (AvgIpc) is 3.28. The van der Waals surface area contributed by atoms with Gasteiger partial charge in [-0.2, -0.15) is 9.78 Å². The molecule has 0 atom stereocenters. The summed E-state index contributed by atoms with van der Waals surface area (Å²) in [6.45, 7) is 0.712. The highest BCUT2D eigenvalue weighted by atomic mass is 35.5. The Morgan fingerprint density at radius 2 is 1.84 bits per heavy atom. The lowest BCUT2D eigenvalue weighted by Crippen LogP contribution is -2.08. The predicted molar refractivity (Wildman–Crippen MR) is 120 cm³/mol. The summed E-state index contributed by atoms with van der Waals surface area (Å²) in [7, 11) is 0. The van der Waals surface area contributed by atoms with Crippen molar-refractivity contribution in [2.24, 2.45) is 0 Å². The summed E-state index contributed by atoms with van der Waals surface area (Å²) in [5.41, 5.74) is 2.12. The molecular formula is C24H20ClN3O4. The van der Waals surface area contributed by atoms with Crippen molar-refractivity contribution in [2.75, 3.05) is 6.61 Å². The van der Waals surface area contributed by atoms with E-state index in [-0.39, 0.29) is 12.2 Å². The number of rotatable bonds is 9. The van der Waals surface area contributed by atoms with E-state index in [1.807, 2.05) is 24.3 Å². The smallest absolute Gasteiger partial charge is 0.335 e. The maximum Gasteiger partial charge on any atom is 0.335 e. The fourth-order valence-corrected chi connectivity index (χ4v) is 3.26. The zero-order chi connectivity index (χ0) is 22.3. The van der Waals surface area contributed by atoms with E-state index in [2.05, 4.69) is 22.2 Å². The van der Waals surface area contributed by atoms with Crippen LogP contribution in [0.3, 0.4) is 0 Å². The van der Waals surface area contributed by atoms with Crippen LogP contribution in [0.1, 0.15) is 21.5 Å². The Bertz CT molecular complexity index is 1210. The van der Waals surface area contributed by atoms with Crippen molar-refractivity contribution < 1.29 is 19.4 Å². The van der Waals surface area contributed by atoms with E-state index in [1.165, 1.54) is 28.6 Å². The van der Waals surface area contributed by atoms with Crippen LogP contribution >= 0.6 is 11.6 Å². The van der Waals surface area contributed by atoms with E-state index < -0.39 is 5.97 Å². The maximum atomic E-state index is 11.2. The van der Waals surface area contributed by atoms with Gasteiger partial charge in [0, 0.05) is 29.3 Å². The number of ether oxygens (including phenoxy) is 2. The molecule has 0 unspecified atom stereocenters. The molecule has 8 heteroatoms. The fraction of sp³-hybridized carbons (Fsp3) is 0.125. The molecule has 2 aromatic carbocycles. The van der Waals surface area contributed by atoms with Crippen molar-refractivity contribution in [1.29, 1.82) is 0 Å². The molecule has 2 aromatic heterocycles. The number of aromatic nitrogens is 3. The Morgan fingerprint density at radius 3 is 2.66 bits per heavy atom. The molecule has 2 heterocycles. The first-order chi connectivity index (χ1) is 15.6. The normalized spacial score (nSPS) is 10.7. The Labute approximate surface area is 189 Å². The SMILES string of the molecule is O=C(O)c1ccnc(-n2nccc2OCc2ccc(Cl)cc2OCCc2ccccc2)c1. The van der Waals surface area contributed by atoms with Crippen LogP contribution in [-0.4, -0.2) is 32.4 Å². The van der Waals surface area contributed by atoms with E-state index in [1.54, 1.807) is 24.4 Å². The fourth-order valence-electron chi connectivity index (χ4n) is 3.10. The van der Waals surface area contributed by atoms with Gasteiger partial charge >= 0.3 is 5.97 Å². The summed E-state index contributed by atoms with van der Waals surface area (Å²) in [5.74, 6) is 0.373. The molecule has 162 valence electrons. The molecule has 1 N–H and O–H groups in total. The lowest BCUT2D eigenvalue weighted by molar-refractivity contribution is 0.0696. The zero-order valence-corrected chi connectivity index (χ0v) is 17.8. The summed E-state index contributed by atoms with van der Waals surface area (Å²) in [4.78, 5) is 15.4. The maximum absolute atomic E-state index is 11.2. The second-order valence-electron chi connectivity index (χ2n) is 6.91. The molecule has 0 bridgehead atoms. The molecular weight excluding hydrogens is 430 g/mol. The van der Waals surface area contributed by atoms with Gasteiger partial charge in [0.05, 0.1) is 18.4 Å². The number of pyridine rings is 1. The highest BCUT2D eigenvalue weighted by Crippen LogP contribution is 2.26. The van der Waals surface area contributed by atoms with Crippen LogP contribution in [0.15, 0.2) is 79.1 Å². The quantitative estimate of drug-likeness (QED) is 0.394. The molecule has 0 saturated carbocycles. The van der Waals surface area contributed by atoms with Gasteiger partial charge in [-0.15, -0.1) is 0 Å². The Hall–Kier alpha value is -3.84. The molecule has 4 rings (SSSR count). The van der Waals surface area contributed by atoms with Gasteiger partial charge in [0.1, 0.15) is 12.4 Å². The third-order valence-electron chi connectivity index (χ3n) is 4.71. The van der Waals surface area contributed by atoms with Crippen molar-refractivity contribution >= 4 is 17.6 Å². The van der Waals surface area contributed by atoms with Crippen molar-refractivity contribution in [2.45, 2.75) is 13.0 Å². The summed E-state index contributed by atoms with van der Waals surface area (Å²) in [5, 5.41) is 14.0. The summed E-state index contributed by atoms with van der Waals surface area (Å²) >= 11 is 6.17. The standard InChI is InChI=1S/C24H20ClN3O4/c25-20-7-6-19(21(15-20)31-13-10-17-4-2-1-3-5-17)16-32-23-9-12-27-28(23)22-14-18(24(29)30)8-11-26-22/h1-9,11-12,14-15H,10,13,16H2,(H,29,30). The van der Waals surface area contributed by atoms with Crippen molar-refractivity contribution in [1.82, 2.24) is 14.8 Å². The number of carboxylic acid groups (broad SMARTS) is 1. The summed E-state index contributed by atoms with van der Waals surface area (Å²) in [6, 6.07) is 20.0. The molecule has 0 saturated heterocycles. The molecule has 0 aliphatic rings. The van der Waals surface area contributed by atoms with Gasteiger partial charge in [0.2, 0.25) is 5.88 Å². The van der Waals surface area contributed by atoms with E-state index in [4.69, 9.17) is 21.1 Å². The first-order valence-corrected chi connectivity index (χ1v) is 10.3. The van der Waals surface area contributed by atoms with Crippen LogP contribution in [0.25, 0.3) is 5.82 Å². The van der Waals surface area contributed by atoms with Crippen LogP contribution < -0.4 is 9.47 Å². The Morgan fingerprint density at radius 1 is 1.00 bits per heavy atom. The van der Waals surface area contributed by atoms with Gasteiger partial charge in [0.25, 0.3) is 0 Å². The molecule has 0 fully saturated rings. The molecule has 0 radical (unpaired) electrons. The molecule has 0 aliphatic carbocycles. The summed E-state index contributed by atoms with van der Waals surface area (Å²) < 4.78 is 13.4. The molecule has 7 nitrogen and oxygen atoms in total. The summed E-state index contributed by atoms with van der Waals surface area (Å²) in [6.07, 6.45) is 3.75. The zero-order valence-electron chi connectivity index (χ0n) is 17.0. The van der Waals surface area contributed by atoms with E-state index in [0.717, 1.165) is 12.0 Å². The number of benzene rings is 2. The largest absolute Gasteiger partial charge is 0.493 e. The number of aromatic carboxylic acids is 1. The minimum Gasteiger partial charge on any atom is -0.493 e. The van der Waals surface area contributed by atoms with Gasteiger partial charge in [0.15, 0.2) is 5.82 Å². The van der Waals surface area contributed by atoms with E-state index >= 15 is 0 Å². The number of hydrogen-bond acceptors (Lipinski definition) is 5. The van der Waals surface area contributed by atoms with E-state index in [9.17, 15) is 9.90 Å². The Kier molecular flexibility index (Phi) is 6.67. The number of hydrogen-bond donors (Lipinski definition) is 1. The van der Waals surface area contributed by atoms with Crippen LogP contribution in [0.2, 0.25) is 5.02 Å². The van der Waals surface area contributed by atoms with Crippen LogP contribution in [-0.2, 0) is 13.0 Å². The third-order valence-corrected chi connectivity index (χ3v) is 4.95. The highest BCUT2D eigenvalue weighted by molar-refractivity contribution is 6.30. The number of carboxylic acids is 1. The van der Waals surface area contributed by atoms with Crippen LogP contribution in [0, 0.1) is 0 Å². The molecule has 0 spiro atoms. The second-order valence-corrected chi connectivity index (χ2v) is 7.35. The van der Waals surface area contributed by atoms with Gasteiger partial charge in [-0.1, -0.05) is 48.0 Å².